The molecular formula is C20H24N2O3. The van der Waals surface area contributed by atoms with Crippen LogP contribution in [0.4, 0.5) is 0 Å². The van der Waals surface area contributed by atoms with Gasteiger partial charge in [0.2, 0.25) is 5.91 Å². The van der Waals surface area contributed by atoms with Crippen molar-refractivity contribution in [2.75, 3.05) is 20.8 Å². The lowest BCUT2D eigenvalue weighted by molar-refractivity contribution is -0.132. The summed E-state index contributed by atoms with van der Waals surface area (Å²) < 4.78 is 10.9. The van der Waals surface area contributed by atoms with Gasteiger partial charge < -0.3 is 14.4 Å². The number of hydrogen-bond acceptors (Lipinski definition) is 4. The Balaban J connectivity index is 1.73. The minimum absolute atomic E-state index is 0.0484. The van der Waals surface area contributed by atoms with Gasteiger partial charge in [-0.05, 0) is 42.2 Å². The average Bonchev–Trinajstić information content (AvgIpc) is 3.05. The average molecular weight is 340 g/mol. The highest BCUT2D eigenvalue weighted by molar-refractivity contribution is 5.79. The molecule has 5 nitrogen and oxygen atoms in total. The Hall–Kier alpha value is -2.40. The van der Waals surface area contributed by atoms with E-state index in [9.17, 15) is 4.79 Å². The summed E-state index contributed by atoms with van der Waals surface area (Å²) in [5.74, 6) is 0.898. The van der Waals surface area contributed by atoms with Crippen LogP contribution in [0.25, 0.3) is 0 Å². The van der Waals surface area contributed by atoms with Crippen molar-refractivity contribution >= 4 is 5.91 Å². The Labute approximate surface area is 148 Å². The van der Waals surface area contributed by atoms with E-state index in [0.29, 0.717) is 6.42 Å². The summed E-state index contributed by atoms with van der Waals surface area (Å²) in [5, 5.41) is 0. The Morgan fingerprint density at radius 3 is 2.80 bits per heavy atom. The summed E-state index contributed by atoms with van der Waals surface area (Å²) in [6, 6.07) is 11.7. The zero-order valence-corrected chi connectivity index (χ0v) is 14.7. The molecule has 0 radical (unpaired) electrons. The van der Waals surface area contributed by atoms with Gasteiger partial charge in [0.05, 0.1) is 25.7 Å². The zero-order valence-electron chi connectivity index (χ0n) is 14.7. The van der Waals surface area contributed by atoms with Crippen molar-refractivity contribution in [2.45, 2.75) is 31.4 Å². The molecule has 3 rings (SSSR count). The lowest BCUT2D eigenvalue weighted by atomic mass is 10.0. The van der Waals surface area contributed by atoms with Crippen molar-refractivity contribution < 1.29 is 14.3 Å². The molecule has 1 fully saturated rings. The van der Waals surface area contributed by atoms with Crippen LogP contribution in [-0.2, 0) is 22.4 Å². The lowest BCUT2D eigenvalue weighted by Crippen LogP contribution is -2.42. The largest absolute Gasteiger partial charge is 0.497 e. The van der Waals surface area contributed by atoms with Crippen LogP contribution in [-0.4, -0.2) is 48.7 Å². The van der Waals surface area contributed by atoms with Crippen LogP contribution in [0.3, 0.4) is 0 Å². The van der Waals surface area contributed by atoms with Crippen LogP contribution >= 0.6 is 0 Å². The zero-order chi connectivity index (χ0) is 17.6. The smallest absolute Gasteiger partial charge is 0.227 e. The minimum atomic E-state index is 0.0484. The van der Waals surface area contributed by atoms with Gasteiger partial charge in [-0.25, -0.2) is 0 Å². The van der Waals surface area contributed by atoms with E-state index in [0.717, 1.165) is 36.3 Å². The summed E-state index contributed by atoms with van der Waals surface area (Å²) in [7, 11) is 3.35. The van der Waals surface area contributed by atoms with Crippen molar-refractivity contribution in [1.82, 2.24) is 9.88 Å². The second kappa shape index (κ2) is 8.12. The monoisotopic (exact) mass is 340 g/mol. The minimum Gasteiger partial charge on any atom is -0.497 e. The maximum Gasteiger partial charge on any atom is 0.227 e. The highest BCUT2D eigenvalue weighted by Gasteiger charge is 2.37. The van der Waals surface area contributed by atoms with E-state index in [2.05, 4.69) is 4.98 Å². The molecule has 1 saturated heterocycles. The molecule has 25 heavy (non-hydrogen) atoms. The van der Waals surface area contributed by atoms with Crippen LogP contribution in [0.1, 0.15) is 17.5 Å². The number of benzene rings is 1. The second-order valence-corrected chi connectivity index (χ2v) is 6.31. The molecule has 2 heterocycles. The van der Waals surface area contributed by atoms with Gasteiger partial charge in [0.25, 0.3) is 0 Å². The number of carbonyl (C=O) groups is 1. The normalized spacial score (nSPS) is 19.8. The molecule has 2 aromatic rings. The third kappa shape index (κ3) is 4.17. The van der Waals surface area contributed by atoms with Gasteiger partial charge in [-0.15, -0.1) is 0 Å². The molecular weight excluding hydrogens is 316 g/mol. The van der Waals surface area contributed by atoms with Crippen LogP contribution in [0.15, 0.2) is 48.8 Å². The molecule has 1 aromatic heterocycles. The number of pyridine rings is 1. The SMILES string of the molecule is COc1cccc(CC(=O)N2CC[C@@H](OC)[C@H]2Cc2cccnc2)c1. The maximum atomic E-state index is 12.9. The summed E-state index contributed by atoms with van der Waals surface area (Å²) >= 11 is 0. The van der Waals surface area contributed by atoms with Gasteiger partial charge in [0, 0.05) is 26.0 Å². The number of rotatable bonds is 6. The highest BCUT2D eigenvalue weighted by Crippen LogP contribution is 2.25. The topological polar surface area (TPSA) is 51.7 Å². The molecule has 5 heteroatoms. The first kappa shape index (κ1) is 17.4. The summed E-state index contributed by atoms with van der Waals surface area (Å²) in [6.45, 7) is 0.728. The lowest BCUT2D eigenvalue weighted by Gasteiger charge is -2.28. The van der Waals surface area contributed by atoms with E-state index in [-0.39, 0.29) is 18.1 Å². The van der Waals surface area contributed by atoms with Crippen molar-refractivity contribution in [2.24, 2.45) is 0 Å². The van der Waals surface area contributed by atoms with Gasteiger partial charge in [0.1, 0.15) is 5.75 Å². The Kier molecular flexibility index (Phi) is 5.66. The van der Waals surface area contributed by atoms with Gasteiger partial charge in [-0.2, -0.15) is 0 Å². The van der Waals surface area contributed by atoms with Crippen molar-refractivity contribution in [3.05, 3.63) is 59.9 Å². The molecule has 0 N–H and O–H groups in total. The number of ether oxygens (including phenoxy) is 2. The predicted octanol–water partition coefficient (Wildman–Crippen LogP) is 2.49. The summed E-state index contributed by atoms with van der Waals surface area (Å²) in [4.78, 5) is 19.0. The standard InChI is InChI=1S/C20H24N2O3/c1-24-17-7-3-5-15(11-17)13-20(23)22-10-8-19(25-2)18(22)12-16-6-4-9-21-14-16/h3-7,9,11,14,18-19H,8,10,12-13H2,1-2H3/t18-,19-/m1/s1. The number of likely N-dealkylation sites (tertiary alicyclic amines) is 1. The fourth-order valence-electron chi connectivity index (χ4n) is 3.47. The number of methoxy groups -OCH3 is 2. The number of hydrogen-bond donors (Lipinski definition) is 0. The number of nitrogens with zero attached hydrogens (tertiary/aromatic N) is 2. The van der Waals surface area contributed by atoms with Gasteiger partial charge in [-0.1, -0.05) is 18.2 Å². The fraction of sp³-hybridized carbons (Fsp3) is 0.400. The van der Waals surface area contributed by atoms with Crippen LogP contribution in [0.5, 0.6) is 5.75 Å². The molecule has 132 valence electrons. The van der Waals surface area contributed by atoms with E-state index < -0.39 is 0 Å². The van der Waals surface area contributed by atoms with E-state index in [4.69, 9.17) is 9.47 Å². The highest BCUT2D eigenvalue weighted by atomic mass is 16.5. The number of carbonyl (C=O) groups excluding carboxylic acids is 1. The van der Waals surface area contributed by atoms with E-state index in [1.54, 1.807) is 20.4 Å². The molecule has 1 aliphatic rings. The first-order chi connectivity index (χ1) is 12.2. The third-order valence-electron chi connectivity index (χ3n) is 4.76. The fourth-order valence-corrected chi connectivity index (χ4v) is 3.47. The number of aromatic nitrogens is 1. The molecule has 0 saturated carbocycles. The second-order valence-electron chi connectivity index (χ2n) is 6.31. The predicted molar refractivity (Wildman–Crippen MR) is 95.6 cm³/mol. The van der Waals surface area contributed by atoms with Crippen LogP contribution in [0.2, 0.25) is 0 Å². The van der Waals surface area contributed by atoms with Gasteiger partial charge in [0.15, 0.2) is 0 Å². The molecule has 0 bridgehead atoms. The van der Waals surface area contributed by atoms with Crippen LogP contribution in [0, 0.1) is 0 Å². The first-order valence-electron chi connectivity index (χ1n) is 8.55. The van der Waals surface area contributed by atoms with Crippen molar-refractivity contribution in [3.63, 3.8) is 0 Å². The van der Waals surface area contributed by atoms with Gasteiger partial charge >= 0.3 is 0 Å². The third-order valence-corrected chi connectivity index (χ3v) is 4.76. The van der Waals surface area contributed by atoms with Gasteiger partial charge in [-0.3, -0.25) is 9.78 Å². The Morgan fingerprint density at radius 2 is 2.08 bits per heavy atom. The Bertz CT molecular complexity index is 705. The van der Waals surface area contributed by atoms with Crippen molar-refractivity contribution in [3.8, 4) is 5.75 Å². The van der Waals surface area contributed by atoms with E-state index >= 15 is 0 Å². The van der Waals surface area contributed by atoms with Crippen molar-refractivity contribution in [1.29, 1.82) is 0 Å². The Morgan fingerprint density at radius 1 is 1.24 bits per heavy atom. The molecule has 1 aliphatic heterocycles. The molecule has 2 atom stereocenters. The summed E-state index contributed by atoms with van der Waals surface area (Å²) in [6.07, 6.45) is 5.68. The molecule has 1 aromatic carbocycles. The summed E-state index contributed by atoms with van der Waals surface area (Å²) in [5.41, 5.74) is 2.08. The molecule has 1 amide bonds. The first-order valence-corrected chi connectivity index (χ1v) is 8.55. The van der Waals surface area contributed by atoms with E-state index in [1.807, 2.05) is 47.5 Å². The molecule has 0 unspecified atom stereocenters. The quantitative estimate of drug-likeness (QED) is 0.811. The van der Waals surface area contributed by atoms with Crippen LogP contribution < -0.4 is 4.74 Å². The maximum absolute atomic E-state index is 12.9. The number of amides is 1. The van der Waals surface area contributed by atoms with E-state index in [1.165, 1.54) is 0 Å². The molecule has 0 spiro atoms. The molecule has 0 aliphatic carbocycles.